The molecule has 84 valence electrons. The molecule has 0 atom stereocenters. The van der Waals surface area contributed by atoms with Crippen molar-refractivity contribution < 1.29 is 4.79 Å². The molecule has 0 unspecified atom stereocenters. The minimum atomic E-state index is 0.0671. The van der Waals surface area contributed by atoms with Gasteiger partial charge in [0.1, 0.15) is 0 Å². The van der Waals surface area contributed by atoms with Crippen LogP contribution in [0.15, 0.2) is 0 Å². The molecule has 0 saturated heterocycles. The number of amides is 1. The third kappa shape index (κ3) is 4.00. The Morgan fingerprint density at radius 1 is 1.47 bits per heavy atom. The predicted molar refractivity (Wildman–Crippen MR) is 64.3 cm³/mol. The van der Waals surface area contributed by atoms with Gasteiger partial charge in [-0.25, -0.2) is 4.98 Å². The Kier molecular flexibility index (Phi) is 4.27. The first-order chi connectivity index (χ1) is 6.99. The van der Waals surface area contributed by atoms with Crippen molar-refractivity contribution in [1.82, 2.24) is 4.98 Å². The minimum absolute atomic E-state index is 0.0671. The van der Waals surface area contributed by atoms with Crippen LogP contribution < -0.4 is 5.32 Å². The molecule has 3 nitrogen and oxygen atoms in total. The maximum atomic E-state index is 11.5. The summed E-state index contributed by atoms with van der Waals surface area (Å²) in [5.74, 6) is 0.632. The standard InChI is InChI=1S/C11H18N2OS/c1-7(2)5-6-10(14)13-11-12-8(3)9(4)15-11/h7H,5-6H2,1-4H3,(H,12,13,14). The summed E-state index contributed by atoms with van der Waals surface area (Å²) in [6.07, 6.45) is 1.50. The molecular formula is C11H18N2OS. The molecule has 1 rings (SSSR count). The Bertz CT molecular complexity index is 325. The topological polar surface area (TPSA) is 42.0 Å². The minimum Gasteiger partial charge on any atom is -0.302 e. The molecule has 0 radical (unpaired) electrons. The number of thiazole rings is 1. The van der Waals surface area contributed by atoms with E-state index in [1.165, 1.54) is 11.3 Å². The van der Waals surface area contributed by atoms with Crippen molar-refractivity contribution >= 4 is 22.4 Å². The van der Waals surface area contributed by atoms with Crippen LogP contribution in [0.3, 0.4) is 0 Å². The van der Waals surface area contributed by atoms with Crippen LogP contribution in [-0.4, -0.2) is 10.9 Å². The van der Waals surface area contributed by atoms with E-state index in [1.807, 2.05) is 13.8 Å². The van der Waals surface area contributed by atoms with E-state index >= 15 is 0 Å². The number of aryl methyl sites for hydroxylation is 2. The van der Waals surface area contributed by atoms with Crippen LogP contribution in [0, 0.1) is 19.8 Å². The Hall–Kier alpha value is -0.900. The number of anilines is 1. The van der Waals surface area contributed by atoms with Gasteiger partial charge in [0, 0.05) is 11.3 Å². The third-order valence-corrected chi connectivity index (χ3v) is 3.21. The van der Waals surface area contributed by atoms with E-state index in [0.717, 1.165) is 22.1 Å². The lowest BCUT2D eigenvalue weighted by atomic mass is 10.1. The first-order valence-corrected chi connectivity index (χ1v) is 6.04. The Labute approximate surface area is 94.9 Å². The van der Waals surface area contributed by atoms with Crippen molar-refractivity contribution in [3.05, 3.63) is 10.6 Å². The summed E-state index contributed by atoms with van der Waals surface area (Å²) in [4.78, 5) is 16.9. The molecule has 1 aromatic heterocycles. The highest BCUT2D eigenvalue weighted by Crippen LogP contribution is 2.21. The SMILES string of the molecule is Cc1nc(NC(=O)CCC(C)C)sc1C. The second-order valence-electron chi connectivity index (χ2n) is 4.14. The molecule has 0 fully saturated rings. The van der Waals surface area contributed by atoms with E-state index < -0.39 is 0 Å². The van der Waals surface area contributed by atoms with E-state index in [0.29, 0.717) is 12.3 Å². The lowest BCUT2D eigenvalue weighted by Crippen LogP contribution is -2.11. The van der Waals surface area contributed by atoms with Gasteiger partial charge >= 0.3 is 0 Å². The molecule has 1 N–H and O–H groups in total. The van der Waals surface area contributed by atoms with Gasteiger partial charge in [0.05, 0.1) is 5.69 Å². The summed E-state index contributed by atoms with van der Waals surface area (Å²) in [5, 5.41) is 3.55. The van der Waals surface area contributed by atoms with Crippen molar-refractivity contribution in [2.24, 2.45) is 5.92 Å². The van der Waals surface area contributed by atoms with Gasteiger partial charge in [-0.3, -0.25) is 4.79 Å². The van der Waals surface area contributed by atoms with Crippen LogP contribution in [0.25, 0.3) is 0 Å². The van der Waals surface area contributed by atoms with Crippen LogP contribution >= 0.6 is 11.3 Å². The van der Waals surface area contributed by atoms with Crippen LogP contribution in [-0.2, 0) is 4.79 Å². The van der Waals surface area contributed by atoms with Gasteiger partial charge < -0.3 is 5.32 Å². The van der Waals surface area contributed by atoms with Gasteiger partial charge in [-0.2, -0.15) is 0 Å². The summed E-state index contributed by atoms with van der Waals surface area (Å²) in [6, 6.07) is 0. The summed E-state index contributed by atoms with van der Waals surface area (Å²) in [7, 11) is 0. The van der Waals surface area contributed by atoms with Crippen molar-refractivity contribution in [1.29, 1.82) is 0 Å². The number of aromatic nitrogens is 1. The molecule has 1 aromatic rings. The molecule has 0 aromatic carbocycles. The van der Waals surface area contributed by atoms with Gasteiger partial charge in [-0.05, 0) is 26.2 Å². The number of hydrogen-bond acceptors (Lipinski definition) is 3. The number of rotatable bonds is 4. The van der Waals surface area contributed by atoms with Gasteiger partial charge in [-0.1, -0.05) is 13.8 Å². The van der Waals surface area contributed by atoms with Gasteiger partial charge in [-0.15, -0.1) is 11.3 Å². The maximum Gasteiger partial charge on any atom is 0.226 e. The Morgan fingerprint density at radius 3 is 2.60 bits per heavy atom. The average Bonchev–Trinajstić information content (AvgIpc) is 2.42. The van der Waals surface area contributed by atoms with Crippen molar-refractivity contribution in [3.8, 4) is 0 Å². The fourth-order valence-electron chi connectivity index (χ4n) is 1.13. The van der Waals surface area contributed by atoms with Crippen LogP contribution in [0.2, 0.25) is 0 Å². The van der Waals surface area contributed by atoms with E-state index in [-0.39, 0.29) is 5.91 Å². The number of carbonyl (C=O) groups is 1. The highest BCUT2D eigenvalue weighted by atomic mass is 32.1. The smallest absolute Gasteiger partial charge is 0.226 e. The largest absolute Gasteiger partial charge is 0.302 e. The quantitative estimate of drug-likeness (QED) is 0.857. The molecule has 0 saturated carbocycles. The van der Waals surface area contributed by atoms with Gasteiger partial charge in [0.25, 0.3) is 0 Å². The van der Waals surface area contributed by atoms with E-state index in [4.69, 9.17) is 0 Å². The fraction of sp³-hybridized carbons (Fsp3) is 0.636. The number of hydrogen-bond donors (Lipinski definition) is 1. The zero-order valence-corrected chi connectivity index (χ0v) is 10.6. The van der Waals surface area contributed by atoms with E-state index in [2.05, 4.69) is 24.1 Å². The molecule has 4 heteroatoms. The number of nitrogens with one attached hydrogen (secondary N) is 1. The zero-order chi connectivity index (χ0) is 11.4. The van der Waals surface area contributed by atoms with E-state index in [1.54, 1.807) is 0 Å². The molecule has 0 bridgehead atoms. The third-order valence-electron chi connectivity index (χ3n) is 2.22. The lowest BCUT2D eigenvalue weighted by Gasteiger charge is -2.03. The van der Waals surface area contributed by atoms with Crippen LogP contribution in [0.5, 0.6) is 0 Å². The lowest BCUT2D eigenvalue weighted by molar-refractivity contribution is -0.116. The van der Waals surface area contributed by atoms with Crippen LogP contribution in [0.4, 0.5) is 5.13 Å². The second-order valence-corrected chi connectivity index (χ2v) is 5.34. The first-order valence-electron chi connectivity index (χ1n) is 5.23. The summed E-state index contributed by atoms with van der Waals surface area (Å²) in [6.45, 7) is 8.20. The van der Waals surface area contributed by atoms with E-state index in [9.17, 15) is 4.79 Å². The second kappa shape index (κ2) is 5.26. The highest BCUT2D eigenvalue weighted by molar-refractivity contribution is 7.15. The molecular weight excluding hydrogens is 208 g/mol. The van der Waals surface area contributed by atoms with Crippen molar-refractivity contribution in [2.75, 3.05) is 5.32 Å². The first kappa shape index (κ1) is 12.2. The van der Waals surface area contributed by atoms with Crippen molar-refractivity contribution in [2.45, 2.75) is 40.5 Å². The van der Waals surface area contributed by atoms with Crippen LogP contribution in [0.1, 0.15) is 37.3 Å². The summed E-state index contributed by atoms with van der Waals surface area (Å²) >= 11 is 1.53. The molecule has 1 amide bonds. The monoisotopic (exact) mass is 226 g/mol. The average molecular weight is 226 g/mol. The normalized spacial score (nSPS) is 10.7. The summed E-state index contributed by atoms with van der Waals surface area (Å²) < 4.78 is 0. The molecule has 0 aliphatic rings. The molecule has 1 heterocycles. The molecule has 0 aliphatic heterocycles. The molecule has 0 aliphatic carbocycles. The van der Waals surface area contributed by atoms with Crippen molar-refractivity contribution in [3.63, 3.8) is 0 Å². The maximum absolute atomic E-state index is 11.5. The predicted octanol–water partition coefficient (Wildman–Crippen LogP) is 3.13. The highest BCUT2D eigenvalue weighted by Gasteiger charge is 2.08. The Morgan fingerprint density at radius 2 is 2.13 bits per heavy atom. The Balaban J connectivity index is 2.44. The van der Waals surface area contributed by atoms with Gasteiger partial charge in [0.2, 0.25) is 5.91 Å². The zero-order valence-electron chi connectivity index (χ0n) is 9.76. The fourth-order valence-corrected chi connectivity index (χ4v) is 1.96. The van der Waals surface area contributed by atoms with Gasteiger partial charge in [0.15, 0.2) is 5.13 Å². The number of carbonyl (C=O) groups excluding carboxylic acids is 1. The number of nitrogens with zero attached hydrogens (tertiary/aromatic N) is 1. The summed E-state index contributed by atoms with van der Waals surface area (Å²) in [5.41, 5.74) is 0.999. The molecule has 0 spiro atoms. The molecule has 15 heavy (non-hydrogen) atoms.